The minimum atomic E-state index is -2.97. The largest absolute Gasteiger partial charge is 0.369 e. The summed E-state index contributed by atoms with van der Waals surface area (Å²) in [5, 5.41) is 10.9. The van der Waals surface area contributed by atoms with Crippen LogP contribution in [0.15, 0.2) is 40.7 Å². The minimum absolute atomic E-state index is 0.0696. The fourth-order valence-electron chi connectivity index (χ4n) is 3.25. The first kappa shape index (κ1) is 19.0. The van der Waals surface area contributed by atoms with Gasteiger partial charge >= 0.3 is 0 Å². The number of nitriles is 1. The molecule has 1 aromatic carbocycles. The van der Waals surface area contributed by atoms with Crippen molar-refractivity contribution in [2.24, 2.45) is 10.7 Å². The third-order valence-corrected chi connectivity index (χ3v) is 5.71. The summed E-state index contributed by atoms with van der Waals surface area (Å²) in [4.78, 5) is 19.3. The lowest BCUT2D eigenvalue weighted by atomic mass is 9.75. The van der Waals surface area contributed by atoms with E-state index in [1.807, 2.05) is 0 Å². The zero-order valence-corrected chi connectivity index (χ0v) is 15.8. The van der Waals surface area contributed by atoms with Gasteiger partial charge in [0, 0.05) is 19.5 Å². The van der Waals surface area contributed by atoms with E-state index in [1.54, 1.807) is 18.4 Å². The van der Waals surface area contributed by atoms with Gasteiger partial charge in [0.05, 0.1) is 5.92 Å². The predicted octanol–water partition coefficient (Wildman–Crippen LogP) is 3.52. The topological polar surface area (TPSA) is 82.5 Å². The number of rotatable bonds is 3. The number of likely N-dealkylation sites (N-methyl/N-ethyl adjacent to an activating group) is 1. The van der Waals surface area contributed by atoms with E-state index >= 15 is 0 Å². The van der Waals surface area contributed by atoms with Crippen LogP contribution in [-0.2, 0) is 16.3 Å². The standard InChI is InChI=1S/C19H18F2N4OS/c1-18(13-8-14(9-22)27-10-13)15(16(26)25(3)17(23)24-18)11-4-6-12(7-5-11)19(2,20)21/h4-8,10,15H,1-3H3,(H2,23,24)/t15-,18-/m1/s1. The molecule has 0 radical (unpaired) electrons. The van der Waals surface area contributed by atoms with E-state index in [0.717, 1.165) is 6.92 Å². The van der Waals surface area contributed by atoms with Gasteiger partial charge in [0.25, 0.3) is 5.92 Å². The van der Waals surface area contributed by atoms with Gasteiger partial charge in [-0.15, -0.1) is 11.3 Å². The number of thiophene rings is 1. The Morgan fingerprint density at radius 3 is 2.52 bits per heavy atom. The van der Waals surface area contributed by atoms with Crippen LogP contribution in [0.2, 0.25) is 0 Å². The summed E-state index contributed by atoms with van der Waals surface area (Å²) in [6, 6.07) is 9.44. The molecule has 0 fully saturated rings. The first-order chi connectivity index (χ1) is 12.6. The maximum atomic E-state index is 13.5. The van der Waals surface area contributed by atoms with Crippen molar-refractivity contribution in [3.8, 4) is 6.07 Å². The molecule has 1 aliphatic rings. The maximum absolute atomic E-state index is 13.5. The number of carbonyl (C=O) groups excluding carboxylic acids is 1. The molecule has 0 saturated carbocycles. The van der Waals surface area contributed by atoms with E-state index in [2.05, 4.69) is 11.1 Å². The molecule has 1 amide bonds. The molecule has 1 aliphatic heterocycles. The van der Waals surface area contributed by atoms with E-state index in [1.165, 1.54) is 47.5 Å². The van der Waals surface area contributed by atoms with E-state index in [-0.39, 0.29) is 17.4 Å². The number of nitrogens with two attached hydrogens (primary N) is 1. The van der Waals surface area contributed by atoms with E-state index in [4.69, 9.17) is 11.0 Å². The van der Waals surface area contributed by atoms with Crippen LogP contribution in [-0.4, -0.2) is 23.8 Å². The summed E-state index contributed by atoms with van der Waals surface area (Å²) in [7, 11) is 1.52. The zero-order chi connectivity index (χ0) is 20.0. The van der Waals surface area contributed by atoms with E-state index in [9.17, 15) is 13.6 Å². The molecule has 2 aromatic rings. The third kappa shape index (κ3) is 3.19. The van der Waals surface area contributed by atoms with Gasteiger partial charge in [-0.2, -0.15) is 5.26 Å². The zero-order valence-electron chi connectivity index (χ0n) is 15.0. The molecule has 8 heteroatoms. The molecular weight excluding hydrogens is 370 g/mol. The molecule has 1 aromatic heterocycles. The smallest absolute Gasteiger partial charge is 0.270 e. The van der Waals surface area contributed by atoms with Crippen molar-refractivity contribution >= 4 is 23.2 Å². The van der Waals surface area contributed by atoms with Gasteiger partial charge < -0.3 is 5.73 Å². The van der Waals surface area contributed by atoms with Crippen LogP contribution >= 0.6 is 11.3 Å². The van der Waals surface area contributed by atoms with Crippen molar-refractivity contribution in [2.45, 2.75) is 31.2 Å². The van der Waals surface area contributed by atoms with Crippen molar-refractivity contribution in [1.82, 2.24) is 4.90 Å². The number of amides is 1. The molecule has 0 bridgehead atoms. The third-order valence-electron chi connectivity index (χ3n) is 4.88. The number of carbonyl (C=O) groups is 1. The van der Waals surface area contributed by atoms with Gasteiger partial charge in [0.15, 0.2) is 5.96 Å². The molecule has 2 atom stereocenters. The van der Waals surface area contributed by atoms with Crippen molar-refractivity contribution in [2.75, 3.05) is 7.05 Å². The number of alkyl halides is 2. The molecule has 0 spiro atoms. The van der Waals surface area contributed by atoms with E-state index < -0.39 is 17.4 Å². The number of hydrogen-bond acceptors (Lipinski definition) is 5. The normalized spacial score (nSPS) is 23.1. The summed E-state index contributed by atoms with van der Waals surface area (Å²) in [5.74, 6) is -3.94. The molecule has 2 heterocycles. The van der Waals surface area contributed by atoms with Gasteiger partial charge in [-0.25, -0.2) is 13.8 Å². The fraction of sp³-hybridized carbons (Fsp3) is 0.316. The lowest BCUT2D eigenvalue weighted by molar-refractivity contribution is -0.130. The van der Waals surface area contributed by atoms with Gasteiger partial charge in [0.1, 0.15) is 16.5 Å². The van der Waals surface area contributed by atoms with Crippen molar-refractivity contribution in [3.63, 3.8) is 0 Å². The van der Waals surface area contributed by atoms with Crippen LogP contribution in [0.5, 0.6) is 0 Å². The van der Waals surface area contributed by atoms with Crippen molar-refractivity contribution < 1.29 is 13.6 Å². The molecule has 0 aliphatic carbocycles. The molecule has 0 unspecified atom stereocenters. The Labute approximate surface area is 159 Å². The Morgan fingerprint density at radius 1 is 1.37 bits per heavy atom. The van der Waals surface area contributed by atoms with Crippen LogP contribution < -0.4 is 5.73 Å². The lowest BCUT2D eigenvalue weighted by Gasteiger charge is -2.40. The SMILES string of the molecule is CN1C(=O)[C@@H](c2ccc(C(C)(F)F)cc2)[C@@](C)(c2csc(C#N)c2)N=C1N. The second kappa shape index (κ2) is 6.43. The quantitative estimate of drug-likeness (QED) is 0.873. The van der Waals surface area contributed by atoms with Crippen LogP contribution in [0.3, 0.4) is 0 Å². The molecule has 2 N–H and O–H groups in total. The molecule has 5 nitrogen and oxygen atoms in total. The number of hydrogen-bond donors (Lipinski definition) is 1. The highest BCUT2D eigenvalue weighted by Gasteiger charge is 2.47. The van der Waals surface area contributed by atoms with Crippen LogP contribution in [0.4, 0.5) is 8.78 Å². The van der Waals surface area contributed by atoms with Crippen LogP contribution in [0, 0.1) is 11.3 Å². The summed E-state index contributed by atoms with van der Waals surface area (Å²) in [6.45, 7) is 2.59. The highest BCUT2D eigenvalue weighted by Crippen LogP contribution is 2.45. The summed E-state index contributed by atoms with van der Waals surface area (Å²) in [5.41, 5.74) is 6.00. The average molecular weight is 388 g/mol. The summed E-state index contributed by atoms with van der Waals surface area (Å²) in [6.07, 6.45) is 0. The number of guanidine groups is 1. The van der Waals surface area contributed by atoms with Gasteiger partial charge in [0.2, 0.25) is 5.91 Å². The predicted molar refractivity (Wildman–Crippen MR) is 99.5 cm³/mol. The average Bonchev–Trinajstić information content (AvgIpc) is 3.09. The summed E-state index contributed by atoms with van der Waals surface area (Å²) >= 11 is 1.25. The number of halogens is 2. The number of aliphatic imine (C=N–C) groups is 1. The minimum Gasteiger partial charge on any atom is -0.369 e. The van der Waals surface area contributed by atoms with Crippen molar-refractivity contribution in [3.05, 3.63) is 57.3 Å². The van der Waals surface area contributed by atoms with Crippen LogP contribution in [0.25, 0.3) is 0 Å². The molecular formula is C19H18F2N4OS. The van der Waals surface area contributed by atoms with Gasteiger partial charge in [-0.05, 0) is 29.5 Å². The number of benzene rings is 1. The Morgan fingerprint density at radius 2 is 2.00 bits per heavy atom. The van der Waals surface area contributed by atoms with Crippen LogP contribution in [0.1, 0.15) is 41.3 Å². The second-order valence-corrected chi connectivity index (χ2v) is 7.68. The highest BCUT2D eigenvalue weighted by atomic mass is 32.1. The maximum Gasteiger partial charge on any atom is 0.270 e. The van der Waals surface area contributed by atoms with Gasteiger partial charge in [-0.3, -0.25) is 9.69 Å². The van der Waals surface area contributed by atoms with Crippen molar-refractivity contribution in [1.29, 1.82) is 5.26 Å². The summed E-state index contributed by atoms with van der Waals surface area (Å²) < 4.78 is 27.1. The second-order valence-electron chi connectivity index (χ2n) is 6.77. The first-order valence-electron chi connectivity index (χ1n) is 8.18. The Hall–Kier alpha value is -2.79. The lowest BCUT2D eigenvalue weighted by Crippen LogP contribution is -2.52. The Kier molecular flexibility index (Phi) is 4.52. The van der Waals surface area contributed by atoms with Gasteiger partial charge in [-0.1, -0.05) is 24.3 Å². The Balaban J connectivity index is 2.15. The molecule has 27 heavy (non-hydrogen) atoms. The first-order valence-corrected chi connectivity index (χ1v) is 9.06. The number of nitrogens with zero attached hydrogens (tertiary/aromatic N) is 3. The molecule has 140 valence electrons. The van der Waals surface area contributed by atoms with E-state index in [0.29, 0.717) is 16.0 Å². The molecule has 0 saturated heterocycles. The fourth-order valence-corrected chi connectivity index (χ4v) is 4.06. The monoisotopic (exact) mass is 388 g/mol. The molecule has 3 rings (SSSR count). The highest BCUT2D eigenvalue weighted by molar-refractivity contribution is 7.10. The Bertz CT molecular complexity index is 955.